The van der Waals surface area contributed by atoms with Crippen molar-refractivity contribution in [3.8, 4) is 17.6 Å². The van der Waals surface area contributed by atoms with E-state index in [2.05, 4.69) is 27.1 Å². The standard InChI is InChI=1S/C26H23BrN4O4/c1-13-23(27)14(2)31(30-13)12-16-10-15(8-9-19(16)33-3)21-18(11-28)25(29)35-24-17-6-4-5-7-20(17)34-26(32)22(21)24/h4-10,21-22,24H,12,29H2,1-3H3. The van der Waals surface area contributed by atoms with Crippen molar-refractivity contribution in [3.63, 3.8) is 0 Å². The first kappa shape index (κ1) is 23.0. The van der Waals surface area contributed by atoms with Crippen molar-refractivity contribution in [2.45, 2.75) is 32.4 Å². The van der Waals surface area contributed by atoms with Gasteiger partial charge in [-0.1, -0.05) is 24.3 Å². The first-order chi connectivity index (χ1) is 16.8. The predicted molar refractivity (Wildman–Crippen MR) is 130 cm³/mol. The Hall–Kier alpha value is -3.77. The first-order valence-corrected chi connectivity index (χ1v) is 11.9. The molecule has 3 atom stereocenters. The number of methoxy groups -OCH3 is 1. The highest BCUT2D eigenvalue weighted by Gasteiger charge is 2.50. The number of benzene rings is 2. The van der Waals surface area contributed by atoms with E-state index >= 15 is 0 Å². The van der Waals surface area contributed by atoms with E-state index in [4.69, 9.17) is 19.9 Å². The lowest BCUT2D eigenvalue weighted by molar-refractivity contribution is -0.148. The zero-order valence-corrected chi connectivity index (χ0v) is 21.0. The summed E-state index contributed by atoms with van der Waals surface area (Å²) in [6, 6.07) is 15.0. The van der Waals surface area contributed by atoms with Gasteiger partial charge in [0, 0.05) is 17.0 Å². The Bertz CT molecular complexity index is 1420. The highest BCUT2D eigenvalue weighted by atomic mass is 79.9. The van der Waals surface area contributed by atoms with Crippen molar-refractivity contribution in [2.75, 3.05) is 7.11 Å². The molecule has 1 aromatic heterocycles. The van der Waals surface area contributed by atoms with E-state index in [1.807, 2.05) is 48.9 Å². The molecule has 0 radical (unpaired) electrons. The lowest BCUT2D eigenvalue weighted by atomic mass is 9.73. The minimum absolute atomic E-state index is 0.0168. The number of carbonyl (C=O) groups is 1. The Balaban J connectivity index is 1.63. The third-order valence-corrected chi connectivity index (χ3v) is 7.77. The number of nitrogens with zero attached hydrogens (tertiary/aromatic N) is 3. The molecule has 3 unspecified atom stereocenters. The van der Waals surface area contributed by atoms with Crippen LogP contribution in [-0.4, -0.2) is 22.9 Å². The van der Waals surface area contributed by atoms with Gasteiger partial charge in [0.05, 0.1) is 35.1 Å². The van der Waals surface area contributed by atoms with E-state index in [1.165, 1.54) is 0 Å². The molecule has 0 saturated heterocycles. The smallest absolute Gasteiger partial charge is 0.319 e. The van der Waals surface area contributed by atoms with Gasteiger partial charge in [0.25, 0.3) is 0 Å². The molecule has 178 valence electrons. The maximum atomic E-state index is 13.2. The van der Waals surface area contributed by atoms with E-state index in [9.17, 15) is 10.1 Å². The minimum Gasteiger partial charge on any atom is -0.496 e. The summed E-state index contributed by atoms with van der Waals surface area (Å²) in [5.74, 6) is -0.737. The molecule has 0 aliphatic carbocycles. The Labute approximate surface area is 211 Å². The van der Waals surface area contributed by atoms with E-state index in [0.29, 0.717) is 18.0 Å². The largest absolute Gasteiger partial charge is 0.496 e. The molecule has 0 spiro atoms. The SMILES string of the molecule is COc1ccc(C2C(C#N)=C(N)OC3c4ccccc4OC(=O)C32)cc1Cn1nc(C)c(Br)c1C. The molecule has 8 nitrogen and oxygen atoms in total. The zero-order chi connectivity index (χ0) is 24.9. The monoisotopic (exact) mass is 534 g/mol. The van der Waals surface area contributed by atoms with Crippen LogP contribution in [-0.2, 0) is 16.1 Å². The lowest BCUT2D eigenvalue weighted by Gasteiger charge is -2.40. The number of hydrogen-bond acceptors (Lipinski definition) is 7. The van der Waals surface area contributed by atoms with Gasteiger partial charge < -0.3 is 19.9 Å². The number of aromatic nitrogens is 2. The van der Waals surface area contributed by atoms with Gasteiger partial charge in [-0.25, -0.2) is 0 Å². The van der Waals surface area contributed by atoms with Gasteiger partial charge in [0.1, 0.15) is 29.6 Å². The quantitative estimate of drug-likeness (QED) is 0.389. The number of nitrogens with two attached hydrogens (primary N) is 1. The lowest BCUT2D eigenvalue weighted by Crippen LogP contribution is -2.41. The Morgan fingerprint density at radius 1 is 1.26 bits per heavy atom. The Morgan fingerprint density at radius 3 is 2.71 bits per heavy atom. The number of hydrogen-bond donors (Lipinski definition) is 1. The molecular formula is C26H23BrN4O4. The fourth-order valence-electron chi connectivity index (χ4n) is 4.89. The van der Waals surface area contributed by atoms with Crippen LogP contribution in [0.5, 0.6) is 11.5 Å². The molecule has 0 saturated carbocycles. The van der Waals surface area contributed by atoms with Gasteiger partial charge in [-0.15, -0.1) is 0 Å². The molecule has 9 heteroatoms. The second-order valence-electron chi connectivity index (χ2n) is 8.60. The topological polar surface area (TPSA) is 112 Å². The van der Waals surface area contributed by atoms with Gasteiger partial charge in [-0.3, -0.25) is 9.48 Å². The van der Waals surface area contributed by atoms with Crippen LogP contribution in [0.2, 0.25) is 0 Å². The minimum atomic E-state index is -0.768. The van der Waals surface area contributed by atoms with E-state index < -0.39 is 23.9 Å². The number of allylic oxidation sites excluding steroid dienone is 1. The van der Waals surface area contributed by atoms with Crippen LogP contribution in [0.4, 0.5) is 0 Å². The fourth-order valence-corrected chi connectivity index (χ4v) is 5.17. The van der Waals surface area contributed by atoms with Gasteiger partial charge in [-0.2, -0.15) is 10.4 Å². The highest BCUT2D eigenvalue weighted by molar-refractivity contribution is 9.10. The van der Waals surface area contributed by atoms with Crippen molar-refractivity contribution in [1.82, 2.24) is 9.78 Å². The number of aryl methyl sites for hydroxylation is 1. The average molecular weight is 535 g/mol. The number of rotatable bonds is 4. The molecule has 0 bridgehead atoms. The van der Waals surface area contributed by atoms with Crippen molar-refractivity contribution >= 4 is 21.9 Å². The number of halogens is 1. The Kier molecular flexibility index (Phi) is 5.77. The van der Waals surface area contributed by atoms with Crippen LogP contribution in [0, 0.1) is 31.1 Å². The summed E-state index contributed by atoms with van der Waals surface area (Å²) in [6.07, 6.45) is -0.660. The summed E-state index contributed by atoms with van der Waals surface area (Å²) in [4.78, 5) is 13.2. The third-order valence-electron chi connectivity index (χ3n) is 6.62. The van der Waals surface area contributed by atoms with Crippen LogP contribution in [0.1, 0.15) is 40.1 Å². The molecule has 3 aromatic rings. The van der Waals surface area contributed by atoms with Gasteiger partial charge >= 0.3 is 5.97 Å². The molecule has 0 amide bonds. The van der Waals surface area contributed by atoms with Crippen molar-refractivity contribution < 1.29 is 19.0 Å². The summed E-state index contributed by atoms with van der Waals surface area (Å²) in [6.45, 7) is 4.36. The number of nitriles is 1. The van der Waals surface area contributed by atoms with E-state index in [-0.39, 0.29) is 11.5 Å². The normalized spacial score (nSPS) is 20.9. The van der Waals surface area contributed by atoms with Crippen LogP contribution in [0.25, 0.3) is 0 Å². The summed E-state index contributed by atoms with van der Waals surface area (Å²) >= 11 is 3.57. The second-order valence-corrected chi connectivity index (χ2v) is 9.40. The number of ether oxygens (including phenoxy) is 3. The molecule has 5 rings (SSSR count). The molecule has 2 N–H and O–H groups in total. The van der Waals surface area contributed by atoms with Gasteiger partial charge in [-0.05, 0) is 53.5 Å². The molecular weight excluding hydrogens is 512 g/mol. The summed E-state index contributed by atoms with van der Waals surface area (Å²) in [7, 11) is 1.61. The number of fused-ring (bicyclic) bond motifs is 3. The van der Waals surface area contributed by atoms with Crippen LogP contribution >= 0.6 is 15.9 Å². The van der Waals surface area contributed by atoms with Crippen LogP contribution in [0.15, 0.2) is 58.4 Å². The third kappa shape index (κ3) is 3.74. The highest BCUT2D eigenvalue weighted by Crippen LogP contribution is 2.51. The molecule has 3 heterocycles. The predicted octanol–water partition coefficient (Wildman–Crippen LogP) is 4.40. The van der Waals surface area contributed by atoms with Gasteiger partial charge in [0.15, 0.2) is 5.88 Å². The van der Waals surface area contributed by atoms with Gasteiger partial charge in [0.2, 0.25) is 0 Å². The molecule has 0 fully saturated rings. The molecule has 2 aliphatic heterocycles. The number of para-hydroxylation sites is 1. The van der Waals surface area contributed by atoms with Crippen molar-refractivity contribution in [3.05, 3.63) is 86.5 Å². The van der Waals surface area contributed by atoms with Crippen molar-refractivity contribution in [2.24, 2.45) is 11.7 Å². The molecule has 2 aromatic carbocycles. The van der Waals surface area contributed by atoms with E-state index in [1.54, 1.807) is 19.2 Å². The van der Waals surface area contributed by atoms with Crippen LogP contribution < -0.4 is 15.2 Å². The fraction of sp³-hybridized carbons (Fsp3) is 0.269. The summed E-state index contributed by atoms with van der Waals surface area (Å²) in [5.41, 5.74) is 10.6. The number of carbonyl (C=O) groups excluding carboxylic acids is 1. The maximum Gasteiger partial charge on any atom is 0.319 e. The molecule has 2 aliphatic rings. The number of esters is 1. The van der Waals surface area contributed by atoms with Crippen LogP contribution in [0.3, 0.4) is 0 Å². The summed E-state index contributed by atoms with van der Waals surface area (Å²) in [5, 5.41) is 14.6. The van der Waals surface area contributed by atoms with Crippen molar-refractivity contribution in [1.29, 1.82) is 5.26 Å². The zero-order valence-electron chi connectivity index (χ0n) is 19.4. The second kappa shape index (κ2) is 8.78. The average Bonchev–Trinajstić information content (AvgIpc) is 3.09. The Morgan fingerprint density at radius 2 is 2.03 bits per heavy atom. The first-order valence-electron chi connectivity index (χ1n) is 11.1. The van der Waals surface area contributed by atoms with E-state index in [0.717, 1.165) is 32.6 Å². The molecule has 35 heavy (non-hydrogen) atoms. The maximum absolute atomic E-state index is 13.2. The summed E-state index contributed by atoms with van der Waals surface area (Å²) < 4.78 is 20.0.